The second kappa shape index (κ2) is 4.89. The van der Waals surface area contributed by atoms with Crippen molar-refractivity contribution in [3.8, 4) is 0 Å². The first-order valence-corrected chi connectivity index (χ1v) is 6.51. The maximum Gasteiger partial charge on any atom is 0.225 e. The molecule has 0 N–H and O–H groups in total. The normalized spacial score (nSPS) is 13.5. The van der Waals surface area contributed by atoms with Gasteiger partial charge >= 0.3 is 0 Å². The Hall–Kier alpha value is -0.420. The van der Waals surface area contributed by atoms with Crippen LogP contribution in [0.3, 0.4) is 0 Å². The maximum absolute atomic E-state index is 10.9. The average Bonchev–Trinajstić information content (AvgIpc) is 2.43. The predicted molar refractivity (Wildman–Crippen MR) is 58.1 cm³/mol. The lowest BCUT2D eigenvalue weighted by Crippen LogP contribution is -2.11. The summed E-state index contributed by atoms with van der Waals surface area (Å²) in [6.07, 6.45) is 1.67. The third kappa shape index (κ3) is 2.78. The number of nitrogens with zero attached hydrogens (tertiary/aromatic N) is 3. The van der Waals surface area contributed by atoms with Gasteiger partial charge in [-0.25, -0.2) is 0 Å². The van der Waals surface area contributed by atoms with Crippen LogP contribution in [-0.2, 0) is 17.3 Å². The molecule has 1 atom stereocenters. The minimum absolute atomic E-state index is 0.278. The van der Waals surface area contributed by atoms with Gasteiger partial charge in [0.05, 0.1) is 0 Å². The number of hydrogen-bond acceptors (Lipinski definition) is 3. The lowest BCUT2D eigenvalue weighted by atomic mass is 10.2. The highest BCUT2D eigenvalue weighted by Gasteiger charge is 2.13. The van der Waals surface area contributed by atoms with Crippen molar-refractivity contribution in [1.82, 2.24) is 14.8 Å². The topological polar surface area (TPSA) is 47.8 Å². The summed E-state index contributed by atoms with van der Waals surface area (Å²) in [6.45, 7) is 4.67. The van der Waals surface area contributed by atoms with Crippen molar-refractivity contribution < 1.29 is 4.21 Å². The van der Waals surface area contributed by atoms with Gasteiger partial charge in [0.25, 0.3) is 0 Å². The van der Waals surface area contributed by atoms with Crippen LogP contribution in [0.5, 0.6) is 0 Å². The van der Waals surface area contributed by atoms with Crippen LogP contribution in [0.1, 0.15) is 25.6 Å². The smallest absolute Gasteiger partial charge is 0.225 e. The van der Waals surface area contributed by atoms with Gasteiger partial charge in [-0.15, -0.1) is 10.2 Å². The molecule has 1 heterocycles. The molecule has 0 aromatic carbocycles. The van der Waals surface area contributed by atoms with Crippen molar-refractivity contribution in [2.24, 2.45) is 0 Å². The van der Waals surface area contributed by atoms with E-state index in [1.54, 1.807) is 6.26 Å². The lowest BCUT2D eigenvalue weighted by Gasteiger charge is -2.08. The fraction of sp³-hybridized carbons (Fsp3) is 0.750. The Kier molecular flexibility index (Phi) is 4.07. The minimum atomic E-state index is -0.815. The summed E-state index contributed by atoms with van der Waals surface area (Å²) in [7, 11) is -0.815. The summed E-state index contributed by atoms with van der Waals surface area (Å²) < 4.78 is 12.8. The van der Waals surface area contributed by atoms with Crippen molar-refractivity contribution in [2.75, 3.05) is 12.0 Å². The SMILES string of the molecule is CC(C)c1nnc(Cl)n1CCS(C)=O. The van der Waals surface area contributed by atoms with Gasteiger partial charge in [0.2, 0.25) is 5.28 Å². The first-order valence-electron chi connectivity index (χ1n) is 4.41. The Morgan fingerprint density at radius 3 is 2.64 bits per heavy atom. The molecular formula is C8H14ClN3OS. The highest BCUT2D eigenvalue weighted by molar-refractivity contribution is 7.84. The van der Waals surface area contributed by atoms with Crippen LogP contribution in [0.2, 0.25) is 5.28 Å². The zero-order valence-corrected chi connectivity index (χ0v) is 10.1. The number of halogens is 1. The van der Waals surface area contributed by atoms with Gasteiger partial charge in [-0.1, -0.05) is 13.8 Å². The Balaban J connectivity index is 2.82. The Bertz CT molecular complexity index is 337. The molecule has 0 amide bonds. The first-order chi connectivity index (χ1) is 6.52. The second-order valence-corrected chi connectivity index (χ2v) is 5.30. The highest BCUT2D eigenvalue weighted by atomic mass is 35.5. The third-order valence-electron chi connectivity index (χ3n) is 1.85. The average molecular weight is 236 g/mol. The van der Waals surface area contributed by atoms with E-state index in [-0.39, 0.29) is 5.92 Å². The maximum atomic E-state index is 10.9. The Labute approximate surface area is 91.1 Å². The number of aromatic nitrogens is 3. The molecule has 1 unspecified atom stereocenters. The summed E-state index contributed by atoms with van der Waals surface area (Å²) in [5.41, 5.74) is 0. The van der Waals surface area contributed by atoms with E-state index < -0.39 is 10.8 Å². The highest BCUT2D eigenvalue weighted by Crippen LogP contribution is 2.16. The van der Waals surface area contributed by atoms with Gasteiger partial charge in [-0.3, -0.25) is 4.21 Å². The molecular weight excluding hydrogens is 222 g/mol. The summed E-state index contributed by atoms with van der Waals surface area (Å²) in [4.78, 5) is 0. The van der Waals surface area contributed by atoms with Crippen molar-refractivity contribution in [3.63, 3.8) is 0 Å². The van der Waals surface area contributed by atoms with E-state index in [0.29, 0.717) is 17.6 Å². The molecule has 1 rings (SSSR count). The number of rotatable bonds is 4. The van der Waals surface area contributed by atoms with Gasteiger partial charge in [0.15, 0.2) is 0 Å². The van der Waals surface area contributed by atoms with Crippen molar-refractivity contribution in [1.29, 1.82) is 0 Å². The summed E-state index contributed by atoms with van der Waals surface area (Å²) in [5, 5.41) is 8.14. The van der Waals surface area contributed by atoms with Gasteiger partial charge in [-0.2, -0.15) is 0 Å². The molecule has 1 aromatic rings. The van der Waals surface area contributed by atoms with Crippen LogP contribution in [-0.4, -0.2) is 31.0 Å². The van der Waals surface area contributed by atoms with Gasteiger partial charge in [0, 0.05) is 35.3 Å². The molecule has 1 aromatic heterocycles. The molecule has 14 heavy (non-hydrogen) atoms. The van der Waals surface area contributed by atoms with Crippen LogP contribution in [0.4, 0.5) is 0 Å². The molecule has 4 nitrogen and oxygen atoms in total. The van der Waals surface area contributed by atoms with E-state index in [4.69, 9.17) is 11.6 Å². The molecule has 0 aliphatic rings. The molecule has 0 bridgehead atoms. The Morgan fingerprint density at radius 1 is 1.50 bits per heavy atom. The summed E-state index contributed by atoms with van der Waals surface area (Å²) in [6, 6.07) is 0. The zero-order valence-electron chi connectivity index (χ0n) is 8.53. The van der Waals surface area contributed by atoms with Gasteiger partial charge < -0.3 is 4.57 Å². The lowest BCUT2D eigenvalue weighted by molar-refractivity contribution is 0.644. The van der Waals surface area contributed by atoms with E-state index in [9.17, 15) is 4.21 Å². The van der Waals surface area contributed by atoms with Crippen LogP contribution >= 0.6 is 11.6 Å². The Morgan fingerprint density at radius 2 is 2.14 bits per heavy atom. The second-order valence-electron chi connectivity index (χ2n) is 3.41. The quantitative estimate of drug-likeness (QED) is 0.794. The van der Waals surface area contributed by atoms with Crippen molar-refractivity contribution in [3.05, 3.63) is 11.1 Å². The molecule has 0 spiro atoms. The molecule has 0 aliphatic heterocycles. The number of hydrogen-bond donors (Lipinski definition) is 0. The van der Waals surface area contributed by atoms with E-state index >= 15 is 0 Å². The van der Waals surface area contributed by atoms with E-state index in [1.165, 1.54) is 0 Å². The molecule has 0 fully saturated rings. The molecule has 0 saturated heterocycles. The van der Waals surface area contributed by atoms with Crippen LogP contribution in [0.15, 0.2) is 0 Å². The minimum Gasteiger partial charge on any atom is -0.301 e. The van der Waals surface area contributed by atoms with E-state index in [0.717, 1.165) is 5.82 Å². The van der Waals surface area contributed by atoms with Gasteiger partial charge in [0.1, 0.15) is 5.82 Å². The fourth-order valence-corrected chi connectivity index (χ4v) is 1.80. The predicted octanol–water partition coefficient (Wildman–Crippen LogP) is 1.43. The van der Waals surface area contributed by atoms with Crippen LogP contribution in [0.25, 0.3) is 0 Å². The first kappa shape index (κ1) is 11.7. The van der Waals surface area contributed by atoms with Crippen LogP contribution in [0, 0.1) is 0 Å². The van der Waals surface area contributed by atoms with E-state index in [2.05, 4.69) is 10.2 Å². The molecule has 80 valence electrons. The molecule has 6 heteroatoms. The largest absolute Gasteiger partial charge is 0.301 e. The third-order valence-corrected chi connectivity index (χ3v) is 2.89. The summed E-state index contributed by atoms with van der Waals surface area (Å²) >= 11 is 5.86. The summed E-state index contributed by atoms with van der Waals surface area (Å²) in [5.74, 6) is 1.71. The van der Waals surface area contributed by atoms with Crippen LogP contribution < -0.4 is 0 Å². The zero-order chi connectivity index (χ0) is 10.7. The van der Waals surface area contributed by atoms with Crippen molar-refractivity contribution >= 4 is 22.4 Å². The molecule has 0 radical (unpaired) electrons. The van der Waals surface area contributed by atoms with Gasteiger partial charge in [-0.05, 0) is 11.6 Å². The van der Waals surface area contributed by atoms with Crippen molar-refractivity contribution in [2.45, 2.75) is 26.3 Å². The monoisotopic (exact) mass is 235 g/mol. The molecule has 0 saturated carbocycles. The fourth-order valence-electron chi connectivity index (χ4n) is 1.15. The standard InChI is InChI=1S/C8H14ClN3OS/c1-6(2)7-10-11-8(9)12(7)4-5-14(3)13/h6H,4-5H2,1-3H3. The van der Waals surface area contributed by atoms with E-state index in [1.807, 2.05) is 18.4 Å². The molecule has 0 aliphatic carbocycles.